The fraction of sp³-hybridized carbons (Fsp3) is 0.538. The molecular formula is C26H44I2N2. The minimum absolute atomic E-state index is 0. The van der Waals surface area contributed by atoms with Crippen LogP contribution in [-0.2, 0) is 13.1 Å². The maximum Gasteiger partial charge on any atom is 0.104 e. The second-order valence-corrected chi connectivity index (χ2v) is 7.87. The second-order valence-electron chi connectivity index (χ2n) is 7.87. The molecule has 0 aliphatic rings. The van der Waals surface area contributed by atoms with Crippen LogP contribution in [0.1, 0.15) is 52.7 Å². The first kappa shape index (κ1) is 32.0. The van der Waals surface area contributed by atoms with Gasteiger partial charge in [0.05, 0.1) is 39.3 Å². The van der Waals surface area contributed by atoms with Crippen molar-refractivity contribution in [2.45, 2.75) is 54.6 Å². The molecule has 172 valence electrons. The largest absolute Gasteiger partial charge is 1.00 e. The molecule has 30 heavy (non-hydrogen) atoms. The summed E-state index contributed by atoms with van der Waals surface area (Å²) in [6.07, 6.45) is 0. The van der Waals surface area contributed by atoms with Gasteiger partial charge in [-0.15, -0.1) is 0 Å². The first-order valence-corrected chi connectivity index (χ1v) is 11.3. The van der Waals surface area contributed by atoms with Crippen LogP contribution in [0, 0.1) is 0 Å². The van der Waals surface area contributed by atoms with Gasteiger partial charge in [-0.05, 0) is 41.5 Å². The van der Waals surface area contributed by atoms with Crippen molar-refractivity contribution < 1.29 is 56.9 Å². The summed E-state index contributed by atoms with van der Waals surface area (Å²) in [5.41, 5.74) is 2.91. The van der Waals surface area contributed by atoms with E-state index in [0.717, 1.165) is 0 Å². The summed E-state index contributed by atoms with van der Waals surface area (Å²) in [7, 11) is 0. The van der Waals surface area contributed by atoms with Crippen LogP contribution < -0.4 is 48.0 Å². The predicted molar refractivity (Wildman–Crippen MR) is 124 cm³/mol. The summed E-state index contributed by atoms with van der Waals surface area (Å²) in [4.78, 5) is 0. The highest BCUT2D eigenvalue weighted by atomic mass is 127. The maximum atomic E-state index is 2.29. The van der Waals surface area contributed by atoms with Crippen LogP contribution in [0.25, 0.3) is 0 Å². The Balaban J connectivity index is 0. The minimum atomic E-state index is 0. The zero-order valence-electron chi connectivity index (χ0n) is 20.1. The smallest absolute Gasteiger partial charge is 0.104 e. The van der Waals surface area contributed by atoms with Gasteiger partial charge in [-0.1, -0.05) is 60.7 Å². The van der Waals surface area contributed by atoms with Gasteiger partial charge in [-0.25, -0.2) is 0 Å². The van der Waals surface area contributed by atoms with Crippen molar-refractivity contribution in [2.75, 3.05) is 39.3 Å². The summed E-state index contributed by atoms with van der Waals surface area (Å²) < 4.78 is 2.40. The monoisotopic (exact) mass is 638 g/mol. The fourth-order valence-electron chi connectivity index (χ4n) is 3.95. The van der Waals surface area contributed by atoms with Crippen LogP contribution in [-0.4, -0.2) is 48.2 Å². The molecule has 0 unspecified atom stereocenters. The minimum Gasteiger partial charge on any atom is -1.00 e. The molecule has 0 radical (unpaired) electrons. The molecule has 0 fully saturated rings. The molecule has 0 aliphatic carbocycles. The molecule has 0 spiro atoms. The van der Waals surface area contributed by atoms with Gasteiger partial charge in [0.25, 0.3) is 0 Å². The molecule has 2 nitrogen and oxygen atoms in total. The van der Waals surface area contributed by atoms with Crippen LogP contribution in [0.4, 0.5) is 0 Å². The molecule has 2 aromatic carbocycles. The third-order valence-electron chi connectivity index (χ3n) is 6.75. The molecule has 0 saturated carbocycles. The lowest BCUT2D eigenvalue weighted by atomic mass is 10.2. The molecular weight excluding hydrogens is 594 g/mol. The standard InChI is InChI=1S/2C13H22N.2HI/c2*1-4-14(5-2,6-3)12-13-10-8-7-9-11-13;;/h2*7-11H,4-6,12H2,1-3H3;2*1H/q2*+1;;/p-2. The summed E-state index contributed by atoms with van der Waals surface area (Å²) in [6, 6.07) is 21.6. The average molecular weight is 638 g/mol. The van der Waals surface area contributed by atoms with Crippen molar-refractivity contribution >= 4 is 0 Å². The van der Waals surface area contributed by atoms with Crippen LogP contribution in [0.5, 0.6) is 0 Å². The van der Waals surface area contributed by atoms with E-state index in [4.69, 9.17) is 0 Å². The Labute approximate surface area is 221 Å². The molecule has 2 rings (SSSR count). The van der Waals surface area contributed by atoms with Crippen LogP contribution >= 0.6 is 0 Å². The third-order valence-corrected chi connectivity index (χ3v) is 6.75. The van der Waals surface area contributed by atoms with Gasteiger partial charge < -0.3 is 56.9 Å². The summed E-state index contributed by atoms with van der Waals surface area (Å²) in [5, 5.41) is 0. The molecule has 0 saturated heterocycles. The first-order chi connectivity index (χ1) is 13.5. The Morgan fingerprint density at radius 1 is 0.433 bits per heavy atom. The molecule has 0 bridgehead atoms. The molecule has 0 heterocycles. The molecule has 0 N–H and O–H groups in total. The maximum absolute atomic E-state index is 2.29. The third kappa shape index (κ3) is 10.4. The van der Waals surface area contributed by atoms with E-state index in [1.165, 1.54) is 72.5 Å². The van der Waals surface area contributed by atoms with E-state index in [1.807, 2.05) is 0 Å². The lowest BCUT2D eigenvalue weighted by Crippen LogP contribution is -3.00. The molecule has 4 heteroatoms. The average Bonchev–Trinajstić information content (AvgIpc) is 2.78. The lowest BCUT2D eigenvalue weighted by Gasteiger charge is -2.35. The number of rotatable bonds is 10. The zero-order valence-corrected chi connectivity index (χ0v) is 24.4. The van der Waals surface area contributed by atoms with Gasteiger partial charge in [0.15, 0.2) is 0 Å². The summed E-state index contributed by atoms with van der Waals surface area (Å²) in [5.74, 6) is 0. The van der Waals surface area contributed by atoms with Gasteiger partial charge in [0.1, 0.15) is 13.1 Å². The number of hydrogen-bond donors (Lipinski definition) is 0. The Morgan fingerprint density at radius 2 is 0.667 bits per heavy atom. The normalized spacial score (nSPS) is 10.9. The van der Waals surface area contributed by atoms with Gasteiger partial charge in [-0.2, -0.15) is 0 Å². The van der Waals surface area contributed by atoms with E-state index in [2.05, 4.69) is 102 Å². The Kier molecular flexibility index (Phi) is 18.5. The van der Waals surface area contributed by atoms with Crippen molar-refractivity contribution in [3.8, 4) is 0 Å². The number of hydrogen-bond acceptors (Lipinski definition) is 0. The highest BCUT2D eigenvalue weighted by Gasteiger charge is 2.21. The van der Waals surface area contributed by atoms with E-state index in [-0.39, 0.29) is 48.0 Å². The van der Waals surface area contributed by atoms with Gasteiger partial charge in [0, 0.05) is 11.1 Å². The highest BCUT2D eigenvalue weighted by molar-refractivity contribution is 5.14. The first-order valence-electron chi connectivity index (χ1n) is 11.3. The van der Waals surface area contributed by atoms with Crippen molar-refractivity contribution in [1.29, 1.82) is 0 Å². The Bertz CT molecular complexity index is 550. The van der Waals surface area contributed by atoms with Crippen molar-refractivity contribution in [3.63, 3.8) is 0 Å². The Hall–Kier alpha value is -0.180. The second kappa shape index (κ2) is 17.4. The quantitative estimate of drug-likeness (QED) is 0.257. The molecule has 0 amide bonds. The number of quaternary nitrogens is 2. The van der Waals surface area contributed by atoms with Crippen LogP contribution in [0.2, 0.25) is 0 Å². The fourth-order valence-corrected chi connectivity index (χ4v) is 3.95. The highest BCUT2D eigenvalue weighted by Crippen LogP contribution is 2.14. The Morgan fingerprint density at radius 3 is 0.867 bits per heavy atom. The van der Waals surface area contributed by atoms with Crippen LogP contribution in [0.15, 0.2) is 60.7 Å². The number of benzene rings is 2. The van der Waals surface area contributed by atoms with E-state index < -0.39 is 0 Å². The van der Waals surface area contributed by atoms with Gasteiger partial charge in [-0.3, -0.25) is 0 Å². The number of nitrogens with zero attached hydrogens (tertiary/aromatic N) is 2. The molecule has 0 atom stereocenters. The number of halogens is 2. The zero-order chi connectivity index (χ0) is 20.9. The van der Waals surface area contributed by atoms with E-state index in [0.29, 0.717) is 0 Å². The molecule has 2 aromatic rings. The topological polar surface area (TPSA) is 0 Å². The van der Waals surface area contributed by atoms with Crippen LogP contribution in [0.3, 0.4) is 0 Å². The van der Waals surface area contributed by atoms with Gasteiger partial charge >= 0.3 is 0 Å². The van der Waals surface area contributed by atoms with E-state index >= 15 is 0 Å². The van der Waals surface area contributed by atoms with Crippen molar-refractivity contribution in [1.82, 2.24) is 0 Å². The van der Waals surface area contributed by atoms with Gasteiger partial charge in [0.2, 0.25) is 0 Å². The van der Waals surface area contributed by atoms with Crippen molar-refractivity contribution in [3.05, 3.63) is 71.8 Å². The van der Waals surface area contributed by atoms with E-state index in [1.54, 1.807) is 0 Å². The summed E-state index contributed by atoms with van der Waals surface area (Å²) >= 11 is 0. The SMILES string of the molecule is CC[N+](CC)(CC)Cc1ccccc1.CC[N+](CC)(CC)Cc1ccccc1.[I-].[I-]. The molecule has 0 aromatic heterocycles. The summed E-state index contributed by atoms with van der Waals surface area (Å²) in [6.45, 7) is 23.4. The van der Waals surface area contributed by atoms with E-state index in [9.17, 15) is 0 Å². The molecule has 0 aliphatic heterocycles. The lowest BCUT2D eigenvalue weighted by molar-refractivity contribution is -0.936. The predicted octanol–water partition coefficient (Wildman–Crippen LogP) is 0.134. The van der Waals surface area contributed by atoms with Crippen molar-refractivity contribution in [2.24, 2.45) is 0 Å².